The van der Waals surface area contributed by atoms with Crippen LogP contribution in [0.2, 0.25) is 0 Å². The van der Waals surface area contributed by atoms with Gasteiger partial charge >= 0.3 is 7.82 Å². The van der Waals surface area contributed by atoms with Crippen LogP contribution in [0.15, 0.2) is 25.3 Å². The van der Waals surface area contributed by atoms with Crippen LogP contribution in [0.25, 0.3) is 22.3 Å². The molecule has 3 aliphatic heterocycles. The number of imidazole rings is 2. The summed E-state index contributed by atoms with van der Waals surface area (Å²) < 4.78 is 92.9. The van der Waals surface area contributed by atoms with Crippen LogP contribution in [0.1, 0.15) is 18.1 Å². The fraction of sp³-hybridized carbons (Fsp3) is 0.524. The Morgan fingerprint density at radius 1 is 0.864 bits per heavy atom. The lowest BCUT2D eigenvalue weighted by molar-refractivity contribution is -0.0607. The molecule has 3 aliphatic rings. The van der Waals surface area contributed by atoms with Gasteiger partial charge in [-0.25, -0.2) is 43.2 Å². The van der Waals surface area contributed by atoms with Crippen LogP contribution in [0, 0.1) is 6.92 Å². The molecule has 0 aliphatic carbocycles. The van der Waals surface area contributed by atoms with Gasteiger partial charge in [0.15, 0.2) is 41.9 Å². The van der Waals surface area contributed by atoms with Crippen molar-refractivity contribution in [2.24, 2.45) is 0 Å². The molecule has 7 rings (SSSR count). The molecule has 0 spiro atoms. The molecule has 44 heavy (non-hydrogen) atoms. The molecule has 23 heteroatoms. The number of phosphoric acid groups is 1. The summed E-state index contributed by atoms with van der Waals surface area (Å²) in [6.07, 6.45) is -8.85. The Hall–Kier alpha value is -3.00. The molecule has 18 nitrogen and oxygen atoms in total. The van der Waals surface area contributed by atoms with E-state index in [-0.39, 0.29) is 22.6 Å². The molecule has 232 valence electrons. The molecule has 7 heterocycles. The van der Waals surface area contributed by atoms with Gasteiger partial charge in [0, 0.05) is 0 Å². The predicted octanol–water partition coefficient (Wildman–Crippen LogP) is 1.22. The van der Waals surface area contributed by atoms with E-state index in [1.807, 2.05) is 0 Å². The van der Waals surface area contributed by atoms with E-state index in [2.05, 4.69) is 29.9 Å². The molecular weight excluding hydrogens is 633 g/mol. The molecule has 0 aromatic carbocycles. The average Bonchev–Trinajstić information content (AvgIpc) is 3.73. The lowest BCUT2D eigenvalue weighted by Gasteiger charge is -2.28. The minimum atomic E-state index is -5.07. The molecular formula is C21H22BF2N9O9P2. The molecule has 1 unspecified atom stereocenters. The quantitative estimate of drug-likeness (QED) is 0.229. The fourth-order valence-corrected chi connectivity index (χ4v) is 7.26. The largest absolute Gasteiger partial charge is 0.472 e. The highest BCUT2D eigenvalue weighted by Gasteiger charge is 2.54. The van der Waals surface area contributed by atoms with E-state index in [0.717, 1.165) is 6.33 Å². The van der Waals surface area contributed by atoms with E-state index in [0.29, 0.717) is 11.2 Å². The van der Waals surface area contributed by atoms with Crippen molar-refractivity contribution in [2.75, 3.05) is 18.9 Å². The minimum Gasteiger partial charge on any atom is -0.382 e. The van der Waals surface area contributed by atoms with Crippen molar-refractivity contribution in [1.82, 2.24) is 39.0 Å². The maximum Gasteiger partial charge on any atom is 0.472 e. The molecule has 3 saturated heterocycles. The van der Waals surface area contributed by atoms with Crippen LogP contribution in [-0.2, 0) is 36.7 Å². The molecule has 0 saturated carbocycles. The van der Waals surface area contributed by atoms with E-state index < -0.39 is 77.7 Å². The van der Waals surface area contributed by atoms with Crippen LogP contribution in [-0.4, -0.2) is 101 Å². The number of fused-ring (bicyclic) bond motifs is 4. The van der Waals surface area contributed by atoms with Crippen molar-refractivity contribution in [1.29, 1.82) is 0 Å². The second kappa shape index (κ2) is 10.8. The summed E-state index contributed by atoms with van der Waals surface area (Å²) in [5.74, 6) is 0.0252. The topological polar surface area (TPSA) is 223 Å². The summed E-state index contributed by atoms with van der Waals surface area (Å²) in [5, 5.41) is 0. The molecule has 3 fully saturated rings. The van der Waals surface area contributed by atoms with Crippen molar-refractivity contribution in [3.63, 3.8) is 0 Å². The number of nitrogens with zero attached hydrogens (tertiary/aromatic N) is 8. The maximum absolute atomic E-state index is 15.9. The number of nitrogen functional groups attached to an aromatic ring is 1. The zero-order chi connectivity index (χ0) is 31.0. The van der Waals surface area contributed by atoms with Gasteiger partial charge < -0.3 is 29.1 Å². The smallest absolute Gasteiger partial charge is 0.382 e. The van der Waals surface area contributed by atoms with Crippen molar-refractivity contribution in [3.05, 3.63) is 31.0 Å². The number of nitrogens with two attached hydrogens (primary N) is 1. The molecule has 2 radical (unpaired) electrons. The van der Waals surface area contributed by atoms with Crippen molar-refractivity contribution >= 4 is 51.0 Å². The third kappa shape index (κ3) is 5.11. The molecule has 0 amide bonds. The summed E-state index contributed by atoms with van der Waals surface area (Å²) in [7, 11) is -3.87. The standard InChI is InChI=1S/C21H22BF2N9O9P2/c1-8-13-18(28-4-26-8)32(6-30-13)21-12(24)16-9(39-21)2-37-43(22,34)41-15-10(3-38-44(35,36)42-16)40-20(11(15)23)33-7-31-14-17(25)27-5-29-19(14)33/h4-7,9-12,15-16,20-21H,2-3H2,1H3,(H,35,36)(H2,25,27,29)/t9-,10-,11-,12-,15-,16-,20-,21-,43-/m1/s1. The number of halogens is 2. The van der Waals surface area contributed by atoms with E-state index in [9.17, 15) is 14.0 Å². The fourth-order valence-electron chi connectivity index (χ4n) is 5.30. The normalized spacial score (nSPS) is 38.3. The van der Waals surface area contributed by atoms with Gasteiger partial charge in [0.2, 0.25) is 7.57 Å². The van der Waals surface area contributed by atoms with Crippen LogP contribution in [0.3, 0.4) is 0 Å². The van der Waals surface area contributed by atoms with Gasteiger partial charge in [-0.3, -0.25) is 22.7 Å². The summed E-state index contributed by atoms with van der Waals surface area (Å²) in [6, 6.07) is 0. The second-order valence-electron chi connectivity index (χ2n) is 10.1. The highest BCUT2D eigenvalue weighted by Crippen LogP contribution is 2.54. The molecule has 0 bridgehead atoms. The van der Waals surface area contributed by atoms with Gasteiger partial charge in [0.25, 0.3) is 7.47 Å². The number of hydrogen-bond donors (Lipinski definition) is 2. The van der Waals surface area contributed by atoms with Gasteiger partial charge in [-0.1, -0.05) is 0 Å². The van der Waals surface area contributed by atoms with Crippen LogP contribution in [0.4, 0.5) is 14.6 Å². The maximum atomic E-state index is 15.9. The third-order valence-electron chi connectivity index (χ3n) is 7.36. The predicted molar refractivity (Wildman–Crippen MR) is 142 cm³/mol. The third-order valence-corrected chi connectivity index (χ3v) is 9.39. The zero-order valence-electron chi connectivity index (χ0n) is 22.4. The SMILES string of the molecule is [B][P@@]1(=O)OC[C@H]2O[C@@H](n3cnc4c(C)ncnc43)[C@H](F)[C@@H]2OP(=O)(O)OC[C@H]2O[C@@H](n3cnc4c(N)ncnc43)[C@H](F)[C@@H]2O1. The Morgan fingerprint density at radius 2 is 1.41 bits per heavy atom. The number of alkyl halides is 2. The van der Waals surface area contributed by atoms with Crippen molar-refractivity contribution < 1.29 is 50.4 Å². The number of anilines is 1. The van der Waals surface area contributed by atoms with E-state index >= 15 is 8.78 Å². The second-order valence-corrected chi connectivity index (χ2v) is 13.1. The first-order valence-electron chi connectivity index (χ1n) is 13.0. The van der Waals surface area contributed by atoms with Crippen molar-refractivity contribution in [3.8, 4) is 0 Å². The van der Waals surface area contributed by atoms with Gasteiger partial charge in [0.1, 0.15) is 48.1 Å². The Bertz CT molecular complexity index is 1710. The number of hydrogen-bond acceptors (Lipinski definition) is 15. The van der Waals surface area contributed by atoms with E-state index in [1.165, 1.54) is 28.1 Å². The van der Waals surface area contributed by atoms with E-state index in [1.54, 1.807) is 6.92 Å². The Labute approximate surface area is 246 Å². The number of rotatable bonds is 2. The minimum absolute atomic E-state index is 0.0252. The Morgan fingerprint density at radius 3 is 2.07 bits per heavy atom. The summed E-state index contributed by atoms with van der Waals surface area (Å²) in [4.78, 5) is 34.8. The highest BCUT2D eigenvalue weighted by molar-refractivity contribution is 7.79. The summed E-state index contributed by atoms with van der Waals surface area (Å²) in [6.45, 7) is 0.0915. The molecule has 4 aromatic heterocycles. The Balaban J connectivity index is 1.17. The van der Waals surface area contributed by atoms with Crippen molar-refractivity contribution in [2.45, 2.75) is 56.1 Å². The van der Waals surface area contributed by atoms with E-state index in [4.69, 9.17) is 40.9 Å². The Kier molecular flexibility index (Phi) is 7.30. The lowest BCUT2D eigenvalue weighted by Crippen LogP contribution is -2.37. The van der Waals surface area contributed by atoms with Gasteiger partial charge in [-0.2, -0.15) is 0 Å². The first kappa shape index (κ1) is 29.7. The lowest BCUT2D eigenvalue weighted by atomic mass is 10.1. The number of phosphoric ester groups is 1. The molecule has 10 atom stereocenters. The van der Waals surface area contributed by atoms with Crippen LogP contribution >= 0.6 is 15.3 Å². The van der Waals surface area contributed by atoms with Gasteiger partial charge in [-0.05, 0) is 6.92 Å². The first-order chi connectivity index (χ1) is 20.9. The summed E-state index contributed by atoms with van der Waals surface area (Å²) in [5.41, 5.74) is 7.17. The average molecular weight is 655 g/mol. The summed E-state index contributed by atoms with van der Waals surface area (Å²) >= 11 is 0. The molecule has 3 N–H and O–H groups in total. The zero-order valence-corrected chi connectivity index (χ0v) is 24.2. The van der Waals surface area contributed by atoms with Gasteiger partial charge in [-0.15, -0.1) is 0 Å². The van der Waals surface area contributed by atoms with Crippen LogP contribution < -0.4 is 5.73 Å². The highest BCUT2D eigenvalue weighted by atomic mass is 31.2. The molecule has 4 aromatic rings. The first-order valence-corrected chi connectivity index (χ1v) is 16.1. The number of aromatic nitrogens is 8. The van der Waals surface area contributed by atoms with Gasteiger partial charge in [0.05, 0.1) is 31.6 Å². The number of aryl methyl sites for hydroxylation is 1. The van der Waals surface area contributed by atoms with Crippen LogP contribution in [0.5, 0.6) is 0 Å². The number of ether oxygens (including phenoxy) is 2. The monoisotopic (exact) mass is 655 g/mol.